The molecular formula is C46H54N2O20S. The number of benzene rings is 1. The molecule has 4 unspecified atom stereocenters. The highest BCUT2D eigenvalue weighted by Crippen LogP contribution is 2.33. The summed E-state index contributed by atoms with van der Waals surface area (Å²) >= 11 is 1.19. The summed E-state index contributed by atoms with van der Waals surface area (Å²) in [6.07, 6.45) is -11.0. The molecule has 0 spiro atoms. The number of hydrogen-bond acceptors (Lipinski definition) is 21. The molecule has 2 rings (SSSR count). The Morgan fingerprint density at radius 1 is 0.739 bits per heavy atom. The van der Waals surface area contributed by atoms with Crippen LogP contribution in [0.4, 0.5) is 0 Å². The number of hydroxylamine groups is 1. The van der Waals surface area contributed by atoms with Gasteiger partial charge in [-0.1, -0.05) is 23.9 Å². The maximum Gasteiger partial charge on any atom is 0.303 e. The first-order chi connectivity index (χ1) is 32.3. The average molecular weight is 987 g/mol. The molecule has 1 heterocycles. The fourth-order valence-corrected chi connectivity index (χ4v) is 6.78. The number of ether oxygens (including phenoxy) is 10. The van der Waals surface area contributed by atoms with Crippen LogP contribution < -0.4 is 5.32 Å². The molecule has 23 heteroatoms. The molecule has 1 fully saturated rings. The molecular weight excluding hydrogens is 933 g/mol. The first kappa shape index (κ1) is 58.0. The normalized spacial score (nSPS) is 19.2. The largest absolute Gasteiger partial charge is 0.623 e. The van der Waals surface area contributed by atoms with Crippen molar-refractivity contribution in [1.82, 2.24) is 5.32 Å². The minimum atomic E-state index is -2.19. The summed E-state index contributed by atoms with van der Waals surface area (Å²) in [5.74, 6) is 0.743. The van der Waals surface area contributed by atoms with Gasteiger partial charge >= 0.3 is 47.8 Å². The number of nitrogens with zero attached hydrogens (tertiary/aromatic N) is 1. The Balaban J connectivity index is 2.73. The molecule has 69 heavy (non-hydrogen) atoms. The molecule has 1 aromatic carbocycles. The van der Waals surface area contributed by atoms with Crippen LogP contribution in [-0.4, -0.2) is 144 Å². The van der Waals surface area contributed by atoms with E-state index >= 15 is 0 Å². The lowest BCUT2D eigenvalue weighted by atomic mass is 9.97. The number of rotatable bonds is 22. The van der Waals surface area contributed by atoms with E-state index in [1.165, 1.54) is 18.0 Å². The molecule has 1 aliphatic rings. The topological polar surface area (TPSA) is 284 Å². The van der Waals surface area contributed by atoms with Crippen LogP contribution in [0.3, 0.4) is 0 Å². The van der Waals surface area contributed by atoms with Crippen LogP contribution in [0.25, 0.3) is 0 Å². The van der Waals surface area contributed by atoms with Gasteiger partial charge in [0.15, 0.2) is 48.6 Å². The minimum Gasteiger partial charge on any atom is -0.623 e. The van der Waals surface area contributed by atoms with Gasteiger partial charge in [0, 0.05) is 81.3 Å². The highest BCUT2D eigenvalue weighted by molar-refractivity contribution is 8.03. The third kappa shape index (κ3) is 20.7. The summed E-state index contributed by atoms with van der Waals surface area (Å²) in [4.78, 5) is 114. The van der Waals surface area contributed by atoms with E-state index in [0.717, 1.165) is 60.1 Å². The van der Waals surface area contributed by atoms with E-state index in [4.69, 9.17) is 53.8 Å². The van der Waals surface area contributed by atoms with Gasteiger partial charge in [0.05, 0.1) is 5.75 Å². The van der Waals surface area contributed by atoms with Gasteiger partial charge in [-0.05, 0) is 46.6 Å². The third-order valence-electron chi connectivity index (χ3n) is 8.90. The van der Waals surface area contributed by atoms with Crippen LogP contribution in [-0.2, 0) is 97.1 Å². The van der Waals surface area contributed by atoms with Gasteiger partial charge < -0.3 is 57.9 Å². The molecule has 374 valence electrons. The molecule has 1 amide bonds. The van der Waals surface area contributed by atoms with Crippen molar-refractivity contribution in [3.63, 3.8) is 0 Å². The Kier molecular flexibility index (Phi) is 23.8. The third-order valence-corrected chi connectivity index (χ3v) is 10.0. The second-order valence-corrected chi connectivity index (χ2v) is 16.1. The quantitative estimate of drug-likeness (QED) is 0.0324. The molecule has 0 bridgehead atoms. The minimum absolute atomic E-state index is 0.264. The molecule has 22 nitrogen and oxygen atoms in total. The Bertz CT molecular complexity index is 2250. The Hall–Kier alpha value is -7.13. The lowest BCUT2D eigenvalue weighted by molar-refractivity contribution is -0.528. The van der Waals surface area contributed by atoms with E-state index in [9.17, 15) is 48.4 Å². The Labute approximate surface area is 402 Å². The molecule has 9 atom stereocenters. The molecule has 0 radical (unpaired) electrons. The highest BCUT2D eigenvalue weighted by atomic mass is 32.2. The van der Waals surface area contributed by atoms with Crippen molar-refractivity contribution in [3.05, 3.63) is 40.6 Å². The van der Waals surface area contributed by atoms with Gasteiger partial charge in [0.1, 0.15) is 25.4 Å². The van der Waals surface area contributed by atoms with Crippen molar-refractivity contribution in [3.8, 4) is 35.4 Å². The predicted molar refractivity (Wildman–Crippen MR) is 238 cm³/mol. The SMILES string of the molecule is C#CC#CC#CSCC(C)(C)/[N+]([O-])=C/c1ccc(CNC(=O)C(OC(C)=O)[C@H](OC(C)=O)[C@H](O[C@@H]2OC(COC(C)=O)[C@H](OC(C)=O)[C@H](OC(C)=O)C2OC(C)=O)C(COC(C)=O)OC(C)=O)cc1. The lowest BCUT2D eigenvalue weighted by Gasteiger charge is -2.46. The van der Waals surface area contributed by atoms with Crippen LogP contribution in [0.15, 0.2) is 24.3 Å². The molecule has 1 aliphatic heterocycles. The number of esters is 8. The number of terminal acetylenes is 1. The number of amides is 1. The zero-order valence-electron chi connectivity index (χ0n) is 39.5. The van der Waals surface area contributed by atoms with Crippen LogP contribution in [0, 0.1) is 40.6 Å². The van der Waals surface area contributed by atoms with Crippen LogP contribution >= 0.6 is 11.8 Å². The number of carbonyl (C=O) groups is 9. The summed E-state index contributed by atoms with van der Waals surface area (Å²) in [6, 6.07) is 6.33. The summed E-state index contributed by atoms with van der Waals surface area (Å²) in [7, 11) is 0. The Morgan fingerprint density at radius 2 is 1.30 bits per heavy atom. The highest BCUT2D eigenvalue weighted by Gasteiger charge is 2.56. The van der Waals surface area contributed by atoms with Crippen molar-refractivity contribution in [2.45, 2.75) is 136 Å². The lowest BCUT2D eigenvalue weighted by Crippen LogP contribution is -2.65. The molecule has 0 aliphatic carbocycles. The summed E-state index contributed by atoms with van der Waals surface area (Å²) in [6.45, 7) is 9.29. The second-order valence-electron chi connectivity index (χ2n) is 15.4. The van der Waals surface area contributed by atoms with Crippen molar-refractivity contribution in [1.29, 1.82) is 0 Å². The smallest absolute Gasteiger partial charge is 0.303 e. The van der Waals surface area contributed by atoms with Gasteiger partial charge in [0.2, 0.25) is 6.10 Å². The van der Waals surface area contributed by atoms with Crippen LogP contribution in [0.5, 0.6) is 0 Å². The predicted octanol–water partition coefficient (Wildman–Crippen LogP) is 1.17. The standard InChI is InChI=1S/C46H54N2O20S/c1-12-13-14-15-20-69-25-46(10,11)48(58)22-35-18-16-34(17-19-35)21-47-44(57)42(65-32(8)55)40(63-30(6)53)39(36(61-28(4)51)23-59-26(2)49)68-45-43(66-33(9)56)41(64-31(7)54)38(62-29(5)52)37(67-45)24-60-27(3)50/h1,16-19,22,36-43,45H,21,23-25H2,2-11H3,(H,47,57)/b48-22-/t36?,37?,38-,39+,40+,41-,42?,43?,45-/m0/s1. The maximum absolute atomic E-state index is 14.2. The van der Waals surface area contributed by atoms with E-state index in [1.807, 2.05) is 0 Å². The number of hydrogen-bond donors (Lipinski definition) is 1. The number of thioether (sulfide) groups is 1. The maximum atomic E-state index is 14.2. The van der Waals surface area contributed by atoms with E-state index < -0.39 is 128 Å². The molecule has 0 aromatic heterocycles. The fraction of sp³-hybridized carbons (Fsp3) is 0.522. The second kappa shape index (κ2) is 28.3. The van der Waals surface area contributed by atoms with E-state index in [2.05, 4.69) is 34.3 Å². The van der Waals surface area contributed by atoms with Crippen LogP contribution in [0.1, 0.15) is 80.4 Å². The summed E-state index contributed by atoms with van der Waals surface area (Å²) in [5.41, 5.74) is 0.0548. The van der Waals surface area contributed by atoms with Gasteiger partial charge in [-0.25, -0.2) is 4.74 Å². The summed E-state index contributed by atoms with van der Waals surface area (Å²) < 4.78 is 56.3. The zero-order chi connectivity index (χ0) is 52.0. The van der Waals surface area contributed by atoms with Gasteiger partial charge in [-0.2, -0.15) is 0 Å². The Morgan fingerprint density at radius 3 is 1.84 bits per heavy atom. The molecule has 0 saturated carbocycles. The molecule has 1 aromatic rings. The zero-order valence-corrected chi connectivity index (χ0v) is 40.3. The van der Waals surface area contributed by atoms with Crippen molar-refractivity contribution >= 4 is 71.6 Å². The first-order valence-electron chi connectivity index (χ1n) is 20.7. The van der Waals surface area contributed by atoms with Crippen molar-refractivity contribution < 1.29 is 95.3 Å². The molecule has 1 saturated heterocycles. The fourth-order valence-electron chi connectivity index (χ4n) is 6.11. The van der Waals surface area contributed by atoms with Gasteiger partial charge in [0.25, 0.3) is 5.91 Å². The molecule has 1 N–H and O–H groups in total. The number of nitrogens with one attached hydrogen (secondary N) is 1. The van der Waals surface area contributed by atoms with E-state index in [1.54, 1.807) is 38.1 Å². The first-order valence-corrected chi connectivity index (χ1v) is 21.7. The van der Waals surface area contributed by atoms with E-state index in [0.29, 0.717) is 16.9 Å². The van der Waals surface area contributed by atoms with E-state index in [-0.39, 0.29) is 6.54 Å². The van der Waals surface area contributed by atoms with Crippen molar-refractivity contribution in [2.24, 2.45) is 0 Å². The average Bonchev–Trinajstić information content (AvgIpc) is 3.24. The van der Waals surface area contributed by atoms with Crippen molar-refractivity contribution in [2.75, 3.05) is 19.0 Å². The van der Waals surface area contributed by atoms with Gasteiger partial charge in [-0.15, -0.1) is 6.42 Å². The monoisotopic (exact) mass is 986 g/mol. The van der Waals surface area contributed by atoms with Gasteiger partial charge in [-0.3, -0.25) is 43.2 Å². The summed E-state index contributed by atoms with van der Waals surface area (Å²) in [5, 5.41) is 18.4. The van der Waals surface area contributed by atoms with Crippen LogP contribution in [0.2, 0.25) is 0 Å². The number of carbonyl (C=O) groups excluding carboxylic acids is 9.